The van der Waals surface area contributed by atoms with Crippen LogP contribution in [-0.4, -0.2) is 25.7 Å². The summed E-state index contributed by atoms with van der Waals surface area (Å²) in [6.07, 6.45) is 2.80. The highest BCUT2D eigenvalue weighted by Gasteiger charge is 2.12. The van der Waals surface area contributed by atoms with Crippen molar-refractivity contribution in [2.45, 2.75) is 19.9 Å². The van der Waals surface area contributed by atoms with Gasteiger partial charge in [-0.1, -0.05) is 6.92 Å². The molecular formula is C15H20N2O3. The number of hydrogen-bond donors (Lipinski definition) is 1. The Bertz CT molecular complexity index is 552. The molecule has 0 fully saturated rings. The molecule has 0 saturated carbocycles. The molecule has 1 aromatic heterocycles. The molecule has 20 heavy (non-hydrogen) atoms. The van der Waals surface area contributed by atoms with Gasteiger partial charge in [-0.2, -0.15) is 0 Å². The van der Waals surface area contributed by atoms with E-state index in [1.54, 1.807) is 20.4 Å². The Kier molecular flexibility index (Phi) is 5.01. The van der Waals surface area contributed by atoms with E-state index in [0.717, 1.165) is 24.3 Å². The van der Waals surface area contributed by atoms with Crippen LogP contribution in [0, 0.1) is 0 Å². The van der Waals surface area contributed by atoms with Gasteiger partial charge < -0.3 is 19.2 Å². The van der Waals surface area contributed by atoms with Crippen LogP contribution in [0.4, 0.5) is 0 Å². The Hall–Kier alpha value is -2.01. The molecule has 2 rings (SSSR count). The monoisotopic (exact) mass is 276 g/mol. The van der Waals surface area contributed by atoms with Gasteiger partial charge in [0.05, 0.1) is 32.5 Å². The summed E-state index contributed by atoms with van der Waals surface area (Å²) in [5, 5.41) is 3.26. The number of aromatic nitrogens is 1. The molecule has 5 heteroatoms. The van der Waals surface area contributed by atoms with Crippen molar-refractivity contribution in [2.24, 2.45) is 0 Å². The smallest absolute Gasteiger partial charge is 0.208 e. The zero-order valence-corrected chi connectivity index (χ0v) is 12.1. The minimum absolute atomic E-state index is 0.631. The van der Waals surface area contributed by atoms with Crippen LogP contribution in [0.5, 0.6) is 11.5 Å². The van der Waals surface area contributed by atoms with Crippen molar-refractivity contribution < 1.29 is 13.9 Å². The van der Waals surface area contributed by atoms with Crippen LogP contribution < -0.4 is 14.8 Å². The van der Waals surface area contributed by atoms with Gasteiger partial charge in [-0.3, -0.25) is 0 Å². The van der Waals surface area contributed by atoms with E-state index in [1.165, 1.54) is 0 Å². The van der Waals surface area contributed by atoms with E-state index in [0.29, 0.717) is 23.9 Å². The van der Waals surface area contributed by atoms with Crippen molar-refractivity contribution in [1.82, 2.24) is 10.3 Å². The molecule has 5 nitrogen and oxygen atoms in total. The van der Waals surface area contributed by atoms with E-state index >= 15 is 0 Å². The molecule has 1 N–H and O–H groups in total. The molecule has 0 bridgehead atoms. The molecule has 1 heterocycles. The van der Waals surface area contributed by atoms with Crippen LogP contribution >= 0.6 is 0 Å². The number of hydrogen-bond acceptors (Lipinski definition) is 5. The van der Waals surface area contributed by atoms with Gasteiger partial charge in [0.25, 0.3) is 0 Å². The number of oxazole rings is 1. The number of ether oxygens (including phenoxy) is 2. The van der Waals surface area contributed by atoms with Crippen molar-refractivity contribution in [3.63, 3.8) is 0 Å². The molecule has 0 unspecified atom stereocenters. The summed E-state index contributed by atoms with van der Waals surface area (Å²) < 4.78 is 16.3. The first kappa shape index (κ1) is 14.4. The largest absolute Gasteiger partial charge is 0.497 e. The van der Waals surface area contributed by atoms with E-state index in [2.05, 4.69) is 17.2 Å². The number of rotatable bonds is 7. The minimum atomic E-state index is 0.631. The molecule has 0 saturated heterocycles. The summed E-state index contributed by atoms with van der Waals surface area (Å²) in [5.74, 6) is 2.81. The van der Waals surface area contributed by atoms with E-state index in [4.69, 9.17) is 13.9 Å². The van der Waals surface area contributed by atoms with Gasteiger partial charge in [-0.05, 0) is 25.1 Å². The van der Waals surface area contributed by atoms with Crippen LogP contribution in [0.1, 0.15) is 19.2 Å². The van der Waals surface area contributed by atoms with Crippen molar-refractivity contribution in [3.8, 4) is 22.8 Å². The van der Waals surface area contributed by atoms with Gasteiger partial charge in [0.15, 0.2) is 5.76 Å². The molecule has 0 aliphatic carbocycles. The van der Waals surface area contributed by atoms with Crippen LogP contribution in [0.3, 0.4) is 0 Å². The molecule has 0 amide bonds. The van der Waals surface area contributed by atoms with Gasteiger partial charge in [0, 0.05) is 6.07 Å². The quantitative estimate of drug-likeness (QED) is 0.788. The van der Waals surface area contributed by atoms with E-state index in [9.17, 15) is 0 Å². The van der Waals surface area contributed by atoms with Crippen molar-refractivity contribution in [1.29, 1.82) is 0 Å². The Morgan fingerprint density at radius 2 is 2.10 bits per heavy atom. The molecule has 0 spiro atoms. The van der Waals surface area contributed by atoms with E-state index in [1.807, 2.05) is 18.2 Å². The molecule has 1 aromatic carbocycles. The second-order valence-corrected chi connectivity index (χ2v) is 4.36. The summed E-state index contributed by atoms with van der Waals surface area (Å²) in [6.45, 7) is 3.70. The topological polar surface area (TPSA) is 56.5 Å². The minimum Gasteiger partial charge on any atom is -0.497 e. The van der Waals surface area contributed by atoms with Gasteiger partial charge in [-0.25, -0.2) is 4.98 Å². The Morgan fingerprint density at radius 3 is 2.80 bits per heavy atom. The lowest BCUT2D eigenvalue weighted by Crippen LogP contribution is -2.13. The normalized spacial score (nSPS) is 10.6. The highest BCUT2D eigenvalue weighted by atomic mass is 16.5. The number of benzene rings is 1. The molecule has 0 aliphatic heterocycles. The number of nitrogens with one attached hydrogen (secondary N) is 1. The van der Waals surface area contributed by atoms with E-state index < -0.39 is 0 Å². The highest BCUT2D eigenvalue weighted by Crippen LogP contribution is 2.33. The first-order chi connectivity index (χ1) is 9.78. The summed E-state index contributed by atoms with van der Waals surface area (Å²) >= 11 is 0. The highest BCUT2D eigenvalue weighted by molar-refractivity contribution is 5.66. The first-order valence-electron chi connectivity index (χ1n) is 6.66. The Balaban J connectivity index is 2.18. The first-order valence-corrected chi connectivity index (χ1v) is 6.66. The second kappa shape index (κ2) is 6.96. The fourth-order valence-electron chi connectivity index (χ4n) is 1.89. The number of nitrogens with zero attached hydrogens (tertiary/aromatic N) is 1. The fraction of sp³-hybridized carbons (Fsp3) is 0.400. The average Bonchev–Trinajstić information content (AvgIpc) is 2.95. The van der Waals surface area contributed by atoms with Crippen molar-refractivity contribution in [2.75, 3.05) is 20.8 Å². The van der Waals surface area contributed by atoms with E-state index in [-0.39, 0.29) is 0 Å². The third kappa shape index (κ3) is 3.30. The van der Waals surface area contributed by atoms with Gasteiger partial charge >= 0.3 is 0 Å². The lowest BCUT2D eigenvalue weighted by Gasteiger charge is -2.08. The van der Waals surface area contributed by atoms with Gasteiger partial charge in [0.1, 0.15) is 11.5 Å². The summed E-state index contributed by atoms with van der Waals surface area (Å²) in [5.41, 5.74) is 0.863. The predicted octanol–water partition coefficient (Wildman–Crippen LogP) is 2.86. The molecule has 108 valence electrons. The Labute approximate surface area is 118 Å². The number of methoxy groups -OCH3 is 2. The van der Waals surface area contributed by atoms with Crippen LogP contribution in [-0.2, 0) is 6.54 Å². The van der Waals surface area contributed by atoms with Crippen LogP contribution in [0.2, 0.25) is 0 Å². The standard InChI is InChI=1S/C15H20N2O3/c1-4-7-16-10-15-17-9-14(20-15)12-6-5-11(18-2)8-13(12)19-3/h5-6,8-9,16H,4,7,10H2,1-3H3. The van der Waals surface area contributed by atoms with Crippen molar-refractivity contribution >= 4 is 0 Å². The molecule has 0 aliphatic rings. The van der Waals surface area contributed by atoms with Gasteiger partial charge in [-0.15, -0.1) is 0 Å². The summed E-state index contributed by atoms with van der Waals surface area (Å²) in [7, 11) is 3.25. The third-order valence-electron chi connectivity index (χ3n) is 2.93. The van der Waals surface area contributed by atoms with Gasteiger partial charge in [0.2, 0.25) is 5.89 Å². The maximum absolute atomic E-state index is 5.74. The average molecular weight is 276 g/mol. The third-order valence-corrected chi connectivity index (χ3v) is 2.93. The van der Waals surface area contributed by atoms with Crippen LogP contribution in [0.15, 0.2) is 28.8 Å². The SMILES string of the molecule is CCCNCc1ncc(-c2ccc(OC)cc2OC)o1. The zero-order chi connectivity index (χ0) is 14.4. The molecule has 2 aromatic rings. The Morgan fingerprint density at radius 1 is 1.25 bits per heavy atom. The zero-order valence-electron chi connectivity index (χ0n) is 12.1. The fourth-order valence-corrected chi connectivity index (χ4v) is 1.89. The maximum atomic E-state index is 5.74. The maximum Gasteiger partial charge on any atom is 0.208 e. The predicted molar refractivity (Wildman–Crippen MR) is 77.0 cm³/mol. The molecule has 0 radical (unpaired) electrons. The van der Waals surface area contributed by atoms with Crippen LogP contribution in [0.25, 0.3) is 11.3 Å². The lowest BCUT2D eigenvalue weighted by molar-refractivity contribution is 0.394. The molecular weight excluding hydrogens is 256 g/mol. The summed E-state index contributed by atoms with van der Waals surface area (Å²) in [4.78, 5) is 4.27. The van der Waals surface area contributed by atoms with Crippen molar-refractivity contribution in [3.05, 3.63) is 30.3 Å². The summed E-state index contributed by atoms with van der Waals surface area (Å²) in [6, 6.07) is 5.60. The second-order valence-electron chi connectivity index (χ2n) is 4.36. The molecule has 0 atom stereocenters. The lowest BCUT2D eigenvalue weighted by atomic mass is 10.1.